The molecule has 0 aliphatic heterocycles. The summed E-state index contributed by atoms with van der Waals surface area (Å²) in [6.07, 6.45) is 1.38. The lowest BCUT2D eigenvalue weighted by atomic mass is 10.2. The van der Waals surface area contributed by atoms with E-state index in [1.165, 1.54) is 0 Å². The minimum Gasteiger partial charge on any atom is -0.383 e. The summed E-state index contributed by atoms with van der Waals surface area (Å²) in [6, 6.07) is 7.71. The standard InChI is InChI=1S/C16H26N4O2.HI/c1-4-5-15(21)20-14-8-6-13(7-9-14)10-18-16(17)19-12(2)11-22-3;/h6-9,12H,4-5,10-11H2,1-3H3,(H,20,21)(H3,17,18,19);1H. The van der Waals surface area contributed by atoms with Crippen molar-refractivity contribution >= 4 is 41.5 Å². The molecule has 0 saturated carbocycles. The van der Waals surface area contributed by atoms with Crippen LogP contribution in [0.25, 0.3) is 0 Å². The first-order valence-corrected chi connectivity index (χ1v) is 7.49. The molecule has 0 fully saturated rings. The lowest BCUT2D eigenvalue weighted by Crippen LogP contribution is -2.40. The van der Waals surface area contributed by atoms with Crippen LogP contribution in [-0.2, 0) is 16.1 Å². The van der Waals surface area contributed by atoms with E-state index in [9.17, 15) is 4.79 Å². The van der Waals surface area contributed by atoms with Crippen LogP contribution >= 0.6 is 24.0 Å². The largest absolute Gasteiger partial charge is 0.383 e. The number of nitrogens with two attached hydrogens (primary N) is 1. The van der Waals surface area contributed by atoms with E-state index in [4.69, 9.17) is 10.5 Å². The molecule has 0 heterocycles. The van der Waals surface area contributed by atoms with E-state index in [0.717, 1.165) is 17.7 Å². The van der Waals surface area contributed by atoms with E-state index in [2.05, 4.69) is 15.6 Å². The molecular weight excluding hydrogens is 407 g/mol. The average Bonchev–Trinajstić information content (AvgIpc) is 2.47. The molecule has 0 aliphatic rings. The highest BCUT2D eigenvalue weighted by Crippen LogP contribution is 2.11. The average molecular weight is 434 g/mol. The number of benzene rings is 1. The van der Waals surface area contributed by atoms with E-state index >= 15 is 0 Å². The molecule has 0 aliphatic carbocycles. The van der Waals surface area contributed by atoms with Crippen molar-refractivity contribution in [1.82, 2.24) is 5.32 Å². The number of guanidine groups is 1. The van der Waals surface area contributed by atoms with Crippen molar-refractivity contribution in [2.75, 3.05) is 19.0 Å². The fourth-order valence-corrected chi connectivity index (χ4v) is 1.91. The van der Waals surface area contributed by atoms with Crippen LogP contribution in [0.3, 0.4) is 0 Å². The highest BCUT2D eigenvalue weighted by Gasteiger charge is 2.02. The van der Waals surface area contributed by atoms with Gasteiger partial charge in [-0.2, -0.15) is 0 Å². The number of hydrogen-bond donors (Lipinski definition) is 3. The summed E-state index contributed by atoms with van der Waals surface area (Å²) >= 11 is 0. The lowest BCUT2D eigenvalue weighted by molar-refractivity contribution is -0.116. The number of anilines is 1. The Kier molecular flexibility index (Phi) is 11.4. The third kappa shape index (κ3) is 9.39. The number of carbonyl (C=O) groups excluding carboxylic acids is 1. The van der Waals surface area contributed by atoms with Crippen LogP contribution in [0.15, 0.2) is 29.3 Å². The van der Waals surface area contributed by atoms with Crippen molar-refractivity contribution in [3.05, 3.63) is 29.8 Å². The molecule has 1 unspecified atom stereocenters. The topological polar surface area (TPSA) is 88.7 Å². The summed E-state index contributed by atoms with van der Waals surface area (Å²) < 4.78 is 5.02. The Morgan fingerprint density at radius 1 is 1.35 bits per heavy atom. The van der Waals surface area contributed by atoms with Gasteiger partial charge in [-0.25, -0.2) is 4.99 Å². The van der Waals surface area contributed by atoms with E-state index in [1.54, 1.807) is 7.11 Å². The molecule has 0 spiro atoms. The molecule has 0 aromatic heterocycles. The molecule has 0 saturated heterocycles. The zero-order valence-corrected chi connectivity index (χ0v) is 16.3. The van der Waals surface area contributed by atoms with Gasteiger partial charge in [0.25, 0.3) is 0 Å². The zero-order chi connectivity index (χ0) is 16.4. The number of methoxy groups -OCH3 is 1. The molecule has 0 radical (unpaired) electrons. The number of aliphatic imine (C=N–C) groups is 1. The molecule has 0 bridgehead atoms. The van der Waals surface area contributed by atoms with Gasteiger partial charge in [0.1, 0.15) is 0 Å². The smallest absolute Gasteiger partial charge is 0.224 e. The third-order valence-electron chi connectivity index (χ3n) is 2.96. The van der Waals surface area contributed by atoms with Gasteiger partial charge in [0.2, 0.25) is 5.91 Å². The number of amides is 1. The van der Waals surface area contributed by atoms with Gasteiger partial charge in [-0.05, 0) is 31.0 Å². The Balaban J connectivity index is 0.00000484. The van der Waals surface area contributed by atoms with Gasteiger partial charge >= 0.3 is 0 Å². The maximum atomic E-state index is 11.5. The molecule has 1 amide bonds. The molecule has 6 nitrogen and oxygen atoms in total. The molecule has 1 rings (SSSR count). The first kappa shape index (κ1) is 21.6. The zero-order valence-electron chi connectivity index (χ0n) is 14.0. The second kappa shape index (κ2) is 12.1. The molecule has 1 atom stereocenters. The van der Waals surface area contributed by atoms with Crippen molar-refractivity contribution in [2.24, 2.45) is 10.7 Å². The van der Waals surface area contributed by atoms with E-state index < -0.39 is 0 Å². The fourth-order valence-electron chi connectivity index (χ4n) is 1.91. The summed E-state index contributed by atoms with van der Waals surface area (Å²) in [4.78, 5) is 15.8. The number of nitrogens with one attached hydrogen (secondary N) is 2. The number of nitrogens with zero attached hydrogens (tertiary/aromatic N) is 1. The van der Waals surface area contributed by atoms with E-state index in [-0.39, 0.29) is 35.9 Å². The Bertz CT molecular complexity index is 491. The molecular formula is C16H27IN4O2. The summed E-state index contributed by atoms with van der Waals surface area (Å²) in [7, 11) is 1.65. The molecule has 130 valence electrons. The summed E-state index contributed by atoms with van der Waals surface area (Å²) in [5, 5.41) is 5.90. The van der Waals surface area contributed by atoms with Gasteiger partial charge < -0.3 is 21.1 Å². The molecule has 23 heavy (non-hydrogen) atoms. The first-order chi connectivity index (χ1) is 10.5. The maximum absolute atomic E-state index is 11.5. The minimum absolute atomic E-state index is 0. The monoisotopic (exact) mass is 434 g/mol. The second-order valence-electron chi connectivity index (χ2n) is 5.20. The van der Waals surface area contributed by atoms with E-state index in [0.29, 0.717) is 25.5 Å². The number of ether oxygens (including phenoxy) is 1. The van der Waals surface area contributed by atoms with Gasteiger partial charge in [-0.15, -0.1) is 24.0 Å². The highest BCUT2D eigenvalue weighted by atomic mass is 127. The van der Waals surface area contributed by atoms with Crippen LogP contribution in [0.4, 0.5) is 5.69 Å². The number of rotatable bonds is 8. The SMILES string of the molecule is CCCC(=O)Nc1ccc(CN=C(N)NC(C)COC)cc1.I. The van der Waals surface area contributed by atoms with Crippen LogP contribution in [-0.4, -0.2) is 31.6 Å². The van der Waals surface area contributed by atoms with Crippen LogP contribution < -0.4 is 16.4 Å². The van der Waals surface area contributed by atoms with Crippen molar-refractivity contribution < 1.29 is 9.53 Å². The number of hydrogen-bond acceptors (Lipinski definition) is 3. The van der Waals surface area contributed by atoms with Crippen LogP contribution in [0.2, 0.25) is 0 Å². The lowest BCUT2D eigenvalue weighted by Gasteiger charge is -2.13. The molecule has 1 aromatic carbocycles. The van der Waals surface area contributed by atoms with Gasteiger partial charge in [0.15, 0.2) is 5.96 Å². The van der Waals surface area contributed by atoms with Crippen molar-refractivity contribution in [2.45, 2.75) is 39.3 Å². The van der Waals surface area contributed by atoms with Crippen molar-refractivity contribution in [1.29, 1.82) is 0 Å². The summed E-state index contributed by atoms with van der Waals surface area (Å²) in [5.74, 6) is 0.429. The third-order valence-corrected chi connectivity index (χ3v) is 2.96. The van der Waals surface area contributed by atoms with Crippen LogP contribution in [0, 0.1) is 0 Å². The second-order valence-corrected chi connectivity index (χ2v) is 5.20. The number of halogens is 1. The number of carbonyl (C=O) groups is 1. The van der Waals surface area contributed by atoms with Crippen LogP contribution in [0.5, 0.6) is 0 Å². The van der Waals surface area contributed by atoms with Crippen LogP contribution in [0.1, 0.15) is 32.3 Å². The predicted molar refractivity (Wildman–Crippen MR) is 105 cm³/mol. The van der Waals surface area contributed by atoms with Gasteiger partial charge in [-0.3, -0.25) is 4.79 Å². The van der Waals surface area contributed by atoms with Crippen molar-refractivity contribution in [3.8, 4) is 0 Å². The first-order valence-electron chi connectivity index (χ1n) is 7.49. The summed E-state index contributed by atoms with van der Waals surface area (Å²) in [6.45, 7) is 5.01. The van der Waals surface area contributed by atoms with Gasteiger partial charge in [0.05, 0.1) is 13.2 Å². The molecule has 4 N–H and O–H groups in total. The van der Waals surface area contributed by atoms with E-state index in [1.807, 2.05) is 38.1 Å². The molecule has 7 heteroatoms. The molecule has 1 aromatic rings. The Labute approximate surface area is 155 Å². The Morgan fingerprint density at radius 2 is 2.00 bits per heavy atom. The van der Waals surface area contributed by atoms with Gasteiger partial charge in [-0.1, -0.05) is 19.1 Å². The highest BCUT2D eigenvalue weighted by molar-refractivity contribution is 14.0. The Hall–Kier alpha value is -1.35. The quantitative estimate of drug-likeness (QED) is 0.333. The van der Waals surface area contributed by atoms with Gasteiger partial charge in [0, 0.05) is 25.3 Å². The Morgan fingerprint density at radius 3 is 2.57 bits per heavy atom. The van der Waals surface area contributed by atoms with Crippen molar-refractivity contribution in [3.63, 3.8) is 0 Å². The fraction of sp³-hybridized carbons (Fsp3) is 0.500. The normalized spacial score (nSPS) is 12.2. The minimum atomic E-state index is 0. The predicted octanol–water partition coefficient (Wildman–Crippen LogP) is 2.48. The summed E-state index contributed by atoms with van der Waals surface area (Å²) in [5.41, 5.74) is 7.63. The maximum Gasteiger partial charge on any atom is 0.224 e.